The van der Waals surface area contributed by atoms with E-state index in [0.717, 1.165) is 12.0 Å². The first-order valence-corrected chi connectivity index (χ1v) is 7.16. The molecular weight excluding hydrogens is 311 g/mol. The largest absolute Gasteiger partial charge is 0.377 e. The van der Waals surface area contributed by atoms with Gasteiger partial charge in [-0.3, -0.25) is 10.1 Å². The lowest BCUT2D eigenvalue weighted by molar-refractivity contribution is -0.384. The van der Waals surface area contributed by atoms with Gasteiger partial charge in [-0.15, -0.1) is 0 Å². The van der Waals surface area contributed by atoms with Crippen LogP contribution in [-0.2, 0) is 6.42 Å². The number of nitro groups is 1. The van der Waals surface area contributed by atoms with E-state index in [9.17, 15) is 10.1 Å². The maximum atomic E-state index is 11.0. The van der Waals surface area contributed by atoms with Crippen LogP contribution in [0.5, 0.6) is 0 Å². The highest BCUT2D eigenvalue weighted by Gasteiger charge is 2.15. The van der Waals surface area contributed by atoms with Gasteiger partial charge in [-0.1, -0.05) is 35.3 Å². The summed E-state index contributed by atoms with van der Waals surface area (Å²) in [5.41, 5.74) is 1.54. The summed E-state index contributed by atoms with van der Waals surface area (Å²) in [6.45, 7) is 1.96. The van der Waals surface area contributed by atoms with Crippen molar-refractivity contribution in [2.24, 2.45) is 0 Å². The van der Waals surface area contributed by atoms with Crippen LogP contribution in [0.3, 0.4) is 0 Å². The molecule has 0 amide bonds. The Hall–Kier alpha value is -1.78. The van der Waals surface area contributed by atoms with Crippen LogP contribution in [-0.4, -0.2) is 11.0 Å². The Morgan fingerprint density at radius 2 is 1.76 bits per heavy atom. The molecule has 110 valence electrons. The summed E-state index contributed by atoms with van der Waals surface area (Å²) in [5, 5.41) is 15.3. The van der Waals surface area contributed by atoms with E-state index in [1.54, 1.807) is 6.07 Å². The van der Waals surface area contributed by atoms with Crippen molar-refractivity contribution >= 4 is 34.6 Å². The maximum Gasteiger partial charge on any atom is 0.292 e. The predicted octanol–water partition coefficient (Wildman–Crippen LogP) is 4.94. The first-order chi connectivity index (χ1) is 9.95. The van der Waals surface area contributed by atoms with Crippen molar-refractivity contribution in [2.45, 2.75) is 19.4 Å². The second-order valence-electron chi connectivity index (χ2n) is 4.79. The average Bonchev–Trinajstić information content (AvgIpc) is 2.41. The average molecular weight is 325 g/mol. The molecule has 0 radical (unpaired) electrons. The quantitative estimate of drug-likeness (QED) is 0.625. The van der Waals surface area contributed by atoms with Crippen LogP contribution < -0.4 is 5.32 Å². The lowest BCUT2D eigenvalue weighted by Gasteiger charge is -2.15. The van der Waals surface area contributed by atoms with Gasteiger partial charge >= 0.3 is 0 Å². The number of rotatable bonds is 5. The fourth-order valence-electron chi connectivity index (χ4n) is 2.07. The number of nitro benzene ring substituents is 1. The second kappa shape index (κ2) is 6.78. The fourth-order valence-corrected chi connectivity index (χ4v) is 2.37. The van der Waals surface area contributed by atoms with Crippen molar-refractivity contribution < 1.29 is 4.92 Å². The molecule has 0 aromatic heterocycles. The molecule has 0 aliphatic rings. The number of anilines is 1. The number of nitrogens with one attached hydrogen (secondary N) is 1. The van der Waals surface area contributed by atoms with Crippen molar-refractivity contribution in [2.75, 3.05) is 5.32 Å². The molecule has 1 N–H and O–H groups in total. The zero-order valence-corrected chi connectivity index (χ0v) is 12.9. The molecule has 0 bridgehead atoms. The predicted molar refractivity (Wildman–Crippen MR) is 86.3 cm³/mol. The molecule has 6 heteroatoms. The summed E-state index contributed by atoms with van der Waals surface area (Å²) >= 11 is 11.8. The zero-order valence-electron chi connectivity index (χ0n) is 11.3. The highest BCUT2D eigenvalue weighted by Crippen LogP contribution is 2.28. The maximum absolute atomic E-state index is 11.0. The number of hydrogen-bond acceptors (Lipinski definition) is 3. The van der Waals surface area contributed by atoms with Crippen LogP contribution in [0.4, 0.5) is 11.4 Å². The van der Waals surface area contributed by atoms with Gasteiger partial charge < -0.3 is 5.32 Å². The second-order valence-corrected chi connectivity index (χ2v) is 5.67. The molecule has 0 saturated heterocycles. The Balaban J connectivity index is 2.12. The zero-order chi connectivity index (χ0) is 15.4. The third kappa shape index (κ3) is 4.34. The van der Waals surface area contributed by atoms with E-state index in [4.69, 9.17) is 23.2 Å². The van der Waals surface area contributed by atoms with Gasteiger partial charge in [-0.2, -0.15) is 0 Å². The van der Waals surface area contributed by atoms with E-state index in [0.29, 0.717) is 15.7 Å². The van der Waals surface area contributed by atoms with Crippen LogP contribution in [0, 0.1) is 10.1 Å². The van der Waals surface area contributed by atoms with Gasteiger partial charge in [0.15, 0.2) is 0 Å². The van der Waals surface area contributed by atoms with Crippen LogP contribution in [0.25, 0.3) is 0 Å². The summed E-state index contributed by atoms with van der Waals surface area (Å²) in [6.07, 6.45) is 0.723. The molecule has 1 unspecified atom stereocenters. The normalized spacial score (nSPS) is 12.0. The Morgan fingerprint density at radius 1 is 1.14 bits per heavy atom. The smallest absolute Gasteiger partial charge is 0.292 e. The van der Waals surface area contributed by atoms with Crippen molar-refractivity contribution in [3.05, 3.63) is 68.2 Å². The molecule has 2 aromatic carbocycles. The van der Waals surface area contributed by atoms with Gasteiger partial charge in [-0.25, -0.2) is 0 Å². The summed E-state index contributed by atoms with van der Waals surface area (Å²) < 4.78 is 0. The molecule has 0 fully saturated rings. The number of hydrogen-bond donors (Lipinski definition) is 1. The Bertz CT molecular complexity index is 645. The highest BCUT2D eigenvalue weighted by molar-refractivity contribution is 6.31. The van der Waals surface area contributed by atoms with E-state index in [-0.39, 0.29) is 11.7 Å². The molecule has 0 heterocycles. The van der Waals surface area contributed by atoms with Gasteiger partial charge in [0, 0.05) is 22.2 Å². The molecule has 2 aromatic rings. The minimum Gasteiger partial charge on any atom is -0.377 e. The monoisotopic (exact) mass is 324 g/mol. The summed E-state index contributed by atoms with van der Waals surface area (Å²) in [5.74, 6) is 0. The molecule has 0 saturated carbocycles. The fraction of sp³-hybridized carbons (Fsp3) is 0.200. The first-order valence-electron chi connectivity index (χ1n) is 6.40. The van der Waals surface area contributed by atoms with E-state index in [1.165, 1.54) is 12.1 Å². The molecule has 21 heavy (non-hydrogen) atoms. The topological polar surface area (TPSA) is 55.2 Å². The summed E-state index contributed by atoms with van der Waals surface area (Å²) in [7, 11) is 0. The highest BCUT2D eigenvalue weighted by atomic mass is 35.5. The van der Waals surface area contributed by atoms with Gasteiger partial charge in [0.1, 0.15) is 5.69 Å². The van der Waals surface area contributed by atoms with Crippen molar-refractivity contribution in [3.63, 3.8) is 0 Å². The van der Waals surface area contributed by atoms with Gasteiger partial charge in [0.25, 0.3) is 5.69 Å². The summed E-state index contributed by atoms with van der Waals surface area (Å²) in [4.78, 5) is 10.6. The molecule has 1 atom stereocenters. The molecule has 0 aliphatic heterocycles. The minimum absolute atomic E-state index is 0.0161. The molecule has 4 nitrogen and oxygen atoms in total. The molecule has 0 spiro atoms. The van der Waals surface area contributed by atoms with Crippen molar-refractivity contribution in [1.82, 2.24) is 0 Å². The Labute approximate surface area is 132 Å². The molecule has 2 rings (SSSR count). The van der Waals surface area contributed by atoms with Gasteiger partial charge in [0.05, 0.1) is 4.92 Å². The molecule has 0 aliphatic carbocycles. The minimum atomic E-state index is -0.423. The van der Waals surface area contributed by atoms with Crippen LogP contribution in [0.1, 0.15) is 12.5 Å². The van der Waals surface area contributed by atoms with Gasteiger partial charge in [0.2, 0.25) is 0 Å². The number of halogens is 2. The number of nitrogens with zero attached hydrogens (tertiary/aromatic N) is 1. The Morgan fingerprint density at radius 3 is 2.38 bits per heavy atom. The van der Waals surface area contributed by atoms with Crippen molar-refractivity contribution in [3.8, 4) is 0 Å². The number of benzene rings is 2. The SMILES string of the molecule is CC(Cc1ccc(Cl)cc1)Nc1cc(Cl)ccc1[N+](=O)[O-]. The standard InChI is InChI=1S/C15H14Cl2N2O2/c1-10(8-11-2-4-12(16)5-3-11)18-14-9-13(17)6-7-15(14)19(20)21/h2-7,9-10,18H,8H2,1H3. The van der Waals surface area contributed by atoms with E-state index < -0.39 is 4.92 Å². The van der Waals surface area contributed by atoms with Crippen LogP contribution in [0.15, 0.2) is 42.5 Å². The summed E-state index contributed by atoms with van der Waals surface area (Å²) in [6, 6.07) is 12.0. The third-order valence-corrected chi connectivity index (χ3v) is 3.50. The Kier molecular flexibility index (Phi) is 5.04. The van der Waals surface area contributed by atoms with E-state index >= 15 is 0 Å². The van der Waals surface area contributed by atoms with E-state index in [1.807, 2.05) is 31.2 Å². The lowest BCUT2D eigenvalue weighted by Crippen LogP contribution is -2.18. The molecular formula is C15H14Cl2N2O2. The van der Waals surface area contributed by atoms with E-state index in [2.05, 4.69) is 5.32 Å². The van der Waals surface area contributed by atoms with Crippen LogP contribution >= 0.6 is 23.2 Å². The van der Waals surface area contributed by atoms with Crippen LogP contribution in [0.2, 0.25) is 10.0 Å². The lowest BCUT2D eigenvalue weighted by atomic mass is 10.1. The van der Waals surface area contributed by atoms with Crippen molar-refractivity contribution in [1.29, 1.82) is 0 Å². The third-order valence-electron chi connectivity index (χ3n) is 3.01. The van der Waals surface area contributed by atoms with Gasteiger partial charge in [-0.05, 0) is 43.2 Å². The first kappa shape index (κ1) is 15.6.